The number of nitrogens with zero attached hydrogens (tertiary/aromatic N) is 6. The van der Waals surface area contributed by atoms with E-state index in [0.29, 0.717) is 18.8 Å². The van der Waals surface area contributed by atoms with E-state index in [1.165, 1.54) is 11.3 Å². The zero-order valence-electron chi connectivity index (χ0n) is 18.5. The maximum absolute atomic E-state index is 13.0. The molecule has 2 atom stereocenters. The highest BCUT2D eigenvalue weighted by atomic mass is 32.1. The summed E-state index contributed by atoms with van der Waals surface area (Å²) < 4.78 is 2.06. The molecule has 10 nitrogen and oxygen atoms in total. The Labute approximate surface area is 190 Å². The van der Waals surface area contributed by atoms with Crippen LogP contribution in [0.4, 0.5) is 0 Å². The van der Waals surface area contributed by atoms with Crippen LogP contribution >= 0.6 is 11.3 Å². The van der Waals surface area contributed by atoms with Crippen molar-refractivity contribution in [3.8, 4) is 11.5 Å². The Bertz CT molecular complexity index is 1080. The van der Waals surface area contributed by atoms with Crippen LogP contribution in [0.5, 0.6) is 0 Å². The van der Waals surface area contributed by atoms with E-state index in [1.807, 2.05) is 32.0 Å². The maximum Gasteiger partial charge on any atom is 0.300 e. The minimum absolute atomic E-state index is 0.0377. The first-order valence-corrected chi connectivity index (χ1v) is 11.1. The fourth-order valence-corrected chi connectivity index (χ4v) is 4.31. The van der Waals surface area contributed by atoms with Crippen molar-refractivity contribution < 1.29 is 14.7 Å². The number of amides is 1. The maximum atomic E-state index is 13.0. The van der Waals surface area contributed by atoms with E-state index in [0.717, 1.165) is 29.3 Å². The summed E-state index contributed by atoms with van der Waals surface area (Å²) in [6.45, 7) is 8.19. The van der Waals surface area contributed by atoms with Crippen molar-refractivity contribution in [2.45, 2.75) is 46.3 Å². The van der Waals surface area contributed by atoms with Crippen molar-refractivity contribution in [3.05, 3.63) is 46.3 Å². The lowest BCUT2D eigenvalue weighted by Gasteiger charge is -2.32. The van der Waals surface area contributed by atoms with Gasteiger partial charge in [-0.25, -0.2) is 4.98 Å². The first kappa shape index (κ1) is 23.5. The second kappa shape index (κ2) is 9.96. The number of pyridine rings is 1. The molecule has 1 aliphatic heterocycles. The highest BCUT2D eigenvalue weighted by Crippen LogP contribution is 2.28. The molecule has 3 N–H and O–H groups in total. The minimum Gasteiger partial charge on any atom is -0.481 e. The summed E-state index contributed by atoms with van der Waals surface area (Å²) >= 11 is 1.44. The third kappa shape index (κ3) is 5.17. The molecule has 3 aromatic heterocycles. The Morgan fingerprint density at radius 3 is 2.62 bits per heavy atom. The Morgan fingerprint density at radius 2 is 2.00 bits per heavy atom. The number of carbonyl (C=O) groups excluding carboxylic acids is 1. The van der Waals surface area contributed by atoms with Crippen LogP contribution in [0.2, 0.25) is 0 Å². The van der Waals surface area contributed by atoms with Gasteiger partial charge in [-0.05, 0) is 25.0 Å². The Morgan fingerprint density at radius 1 is 1.28 bits per heavy atom. The molecule has 0 spiro atoms. The van der Waals surface area contributed by atoms with Crippen LogP contribution in [0.15, 0.2) is 29.8 Å². The summed E-state index contributed by atoms with van der Waals surface area (Å²) in [6, 6.07) is 5.59. The molecule has 0 aromatic carbocycles. The monoisotopic (exact) mass is 457 g/mol. The number of nitrogens with two attached hydrogens (primary N) is 1. The van der Waals surface area contributed by atoms with E-state index in [4.69, 9.17) is 15.6 Å². The van der Waals surface area contributed by atoms with Crippen LogP contribution in [0.3, 0.4) is 0 Å². The molecular weight excluding hydrogens is 430 g/mol. The van der Waals surface area contributed by atoms with Crippen LogP contribution < -0.4 is 5.73 Å². The van der Waals surface area contributed by atoms with Crippen molar-refractivity contribution in [1.82, 2.24) is 29.6 Å². The van der Waals surface area contributed by atoms with Gasteiger partial charge in [-0.1, -0.05) is 19.9 Å². The molecule has 3 aromatic rings. The van der Waals surface area contributed by atoms with Crippen LogP contribution in [0.1, 0.15) is 61.1 Å². The van der Waals surface area contributed by atoms with E-state index in [1.54, 1.807) is 16.5 Å². The van der Waals surface area contributed by atoms with Gasteiger partial charge in [0.15, 0.2) is 11.6 Å². The molecule has 1 amide bonds. The fraction of sp³-hybridized carbons (Fsp3) is 0.429. The SMILES string of the molecule is CC(=O)O.CC(C)[C@H](N)c1nc(C(=O)N2Cc3nnc(-c4ccccn4)n3[C@@H](C)C2)cs1. The molecule has 0 unspecified atom stereocenters. The van der Waals surface area contributed by atoms with Gasteiger partial charge >= 0.3 is 0 Å². The molecule has 4 rings (SSSR count). The molecule has 0 bridgehead atoms. The van der Waals surface area contributed by atoms with Gasteiger partial charge in [0, 0.05) is 25.0 Å². The number of rotatable bonds is 4. The van der Waals surface area contributed by atoms with Crippen molar-refractivity contribution in [3.63, 3.8) is 0 Å². The molecule has 11 heteroatoms. The van der Waals surface area contributed by atoms with E-state index in [2.05, 4.69) is 31.7 Å². The lowest BCUT2D eigenvalue weighted by atomic mass is 10.1. The van der Waals surface area contributed by atoms with Crippen LogP contribution in [-0.2, 0) is 11.3 Å². The number of thiazole rings is 1. The van der Waals surface area contributed by atoms with Gasteiger partial charge in [0.05, 0.1) is 18.6 Å². The summed E-state index contributed by atoms with van der Waals surface area (Å²) in [5.41, 5.74) is 7.39. The summed E-state index contributed by atoms with van der Waals surface area (Å²) in [7, 11) is 0. The van der Waals surface area contributed by atoms with Gasteiger partial charge in [-0.2, -0.15) is 0 Å². The van der Waals surface area contributed by atoms with Crippen molar-refractivity contribution in [2.75, 3.05) is 6.54 Å². The van der Waals surface area contributed by atoms with Gasteiger partial charge in [0.25, 0.3) is 11.9 Å². The first-order valence-electron chi connectivity index (χ1n) is 10.2. The average molecular weight is 458 g/mol. The van der Waals surface area contributed by atoms with Crippen LogP contribution in [-0.4, -0.2) is 53.2 Å². The van der Waals surface area contributed by atoms with Gasteiger partial charge in [0.2, 0.25) is 0 Å². The highest BCUT2D eigenvalue weighted by Gasteiger charge is 2.31. The van der Waals surface area contributed by atoms with E-state index < -0.39 is 5.97 Å². The quantitative estimate of drug-likeness (QED) is 0.609. The van der Waals surface area contributed by atoms with Gasteiger partial charge < -0.3 is 20.3 Å². The standard InChI is InChI=1S/C19H23N7OS.C2H4O2/c1-11(2)16(20)18-22-14(10-28-18)19(27)25-8-12(3)26-15(9-25)23-24-17(26)13-6-4-5-7-21-13;1-2(3)4/h4-7,10-12,16H,8-9,20H2,1-3H3;1H3,(H,3,4)/t12-,16-;/m0./s1. The smallest absolute Gasteiger partial charge is 0.300 e. The normalized spacial score (nSPS) is 16.2. The third-order valence-corrected chi connectivity index (χ3v) is 5.90. The number of carboxylic acids is 1. The molecular formula is C21H27N7O3S. The van der Waals surface area contributed by atoms with Gasteiger partial charge in [-0.15, -0.1) is 21.5 Å². The molecule has 0 saturated carbocycles. The molecule has 32 heavy (non-hydrogen) atoms. The molecule has 0 fully saturated rings. The fourth-order valence-electron chi connectivity index (χ4n) is 3.34. The van der Waals surface area contributed by atoms with E-state index in [9.17, 15) is 4.79 Å². The van der Waals surface area contributed by atoms with Gasteiger partial charge in [0.1, 0.15) is 16.4 Å². The van der Waals surface area contributed by atoms with Gasteiger partial charge in [-0.3, -0.25) is 14.6 Å². The summed E-state index contributed by atoms with van der Waals surface area (Å²) in [4.78, 5) is 32.6. The number of hydrogen-bond donors (Lipinski definition) is 2. The summed E-state index contributed by atoms with van der Waals surface area (Å²) in [5, 5.41) is 18.6. The number of carbonyl (C=O) groups is 2. The first-order chi connectivity index (χ1) is 15.2. The van der Waals surface area contributed by atoms with Crippen molar-refractivity contribution >= 4 is 23.2 Å². The number of fused-ring (bicyclic) bond motifs is 1. The molecule has 0 aliphatic carbocycles. The second-order valence-corrected chi connectivity index (χ2v) is 8.81. The lowest BCUT2D eigenvalue weighted by Crippen LogP contribution is -2.40. The third-order valence-electron chi connectivity index (χ3n) is 4.95. The predicted molar refractivity (Wildman–Crippen MR) is 120 cm³/mol. The number of hydrogen-bond acceptors (Lipinski definition) is 8. The number of carboxylic acid groups (broad SMARTS) is 1. The zero-order valence-corrected chi connectivity index (χ0v) is 19.3. The lowest BCUT2D eigenvalue weighted by molar-refractivity contribution is -0.134. The highest BCUT2D eigenvalue weighted by molar-refractivity contribution is 7.09. The van der Waals surface area contributed by atoms with E-state index >= 15 is 0 Å². The number of aliphatic carboxylic acids is 1. The Balaban J connectivity index is 0.000000668. The van der Waals surface area contributed by atoms with Crippen molar-refractivity contribution in [2.24, 2.45) is 11.7 Å². The topological polar surface area (TPSA) is 140 Å². The summed E-state index contributed by atoms with van der Waals surface area (Å²) in [5.74, 6) is 0.822. The van der Waals surface area contributed by atoms with Crippen LogP contribution in [0.25, 0.3) is 11.5 Å². The van der Waals surface area contributed by atoms with E-state index in [-0.39, 0.29) is 23.9 Å². The van der Waals surface area contributed by atoms with Crippen molar-refractivity contribution in [1.29, 1.82) is 0 Å². The Kier molecular flexibility index (Phi) is 7.31. The minimum atomic E-state index is -0.833. The molecule has 1 aliphatic rings. The number of aromatic nitrogens is 5. The molecule has 0 saturated heterocycles. The molecule has 4 heterocycles. The second-order valence-electron chi connectivity index (χ2n) is 7.92. The average Bonchev–Trinajstić information content (AvgIpc) is 3.40. The zero-order chi connectivity index (χ0) is 23.4. The Hall–Kier alpha value is -3.18. The molecule has 0 radical (unpaired) electrons. The molecule has 170 valence electrons. The largest absolute Gasteiger partial charge is 0.481 e. The summed E-state index contributed by atoms with van der Waals surface area (Å²) in [6.07, 6.45) is 1.74. The predicted octanol–water partition coefficient (Wildman–Crippen LogP) is 2.76. The van der Waals surface area contributed by atoms with Crippen LogP contribution in [0, 0.1) is 5.92 Å².